The third-order valence-electron chi connectivity index (χ3n) is 4.49. The summed E-state index contributed by atoms with van der Waals surface area (Å²) in [5.41, 5.74) is 5.28. The minimum atomic E-state index is -0.224. The summed E-state index contributed by atoms with van der Waals surface area (Å²) in [6.07, 6.45) is 1.02. The van der Waals surface area contributed by atoms with Crippen molar-refractivity contribution in [3.63, 3.8) is 0 Å². The van der Waals surface area contributed by atoms with Gasteiger partial charge in [0.25, 0.3) is 0 Å². The number of nitrogens with one attached hydrogen (secondary N) is 2. The van der Waals surface area contributed by atoms with Gasteiger partial charge in [-0.3, -0.25) is 14.5 Å². The van der Waals surface area contributed by atoms with E-state index in [4.69, 9.17) is 0 Å². The number of benzene rings is 2. The number of carbonyl (C=O) groups excluding carboxylic acids is 2. The Balaban J connectivity index is 1.76. The number of nitrogens with zero attached hydrogens (tertiary/aromatic N) is 1. The van der Waals surface area contributed by atoms with Gasteiger partial charge < -0.3 is 10.6 Å². The van der Waals surface area contributed by atoms with Crippen LogP contribution in [0.25, 0.3) is 0 Å². The van der Waals surface area contributed by atoms with Gasteiger partial charge >= 0.3 is 0 Å². The van der Waals surface area contributed by atoms with Crippen LogP contribution in [0.15, 0.2) is 42.5 Å². The van der Waals surface area contributed by atoms with Crippen molar-refractivity contribution in [2.45, 2.75) is 33.7 Å². The van der Waals surface area contributed by atoms with Crippen molar-refractivity contribution >= 4 is 17.5 Å². The Morgan fingerprint density at radius 1 is 0.926 bits per heavy atom. The second-order valence-corrected chi connectivity index (χ2v) is 6.93. The molecule has 0 bridgehead atoms. The summed E-state index contributed by atoms with van der Waals surface area (Å²) in [5.74, 6) is -0.391. The van der Waals surface area contributed by atoms with E-state index in [0.717, 1.165) is 28.8 Å². The summed E-state index contributed by atoms with van der Waals surface area (Å²) < 4.78 is 0. The van der Waals surface area contributed by atoms with Crippen LogP contribution in [-0.2, 0) is 22.6 Å². The molecular formula is C22H29N3O2. The molecule has 27 heavy (non-hydrogen) atoms. The van der Waals surface area contributed by atoms with Crippen molar-refractivity contribution in [2.75, 3.05) is 25.5 Å². The first-order valence-electron chi connectivity index (χ1n) is 9.28. The third-order valence-corrected chi connectivity index (χ3v) is 4.49. The highest BCUT2D eigenvalue weighted by Crippen LogP contribution is 2.18. The van der Waals surface area contributed by atoms with Crippen LogP contribution in [0.4, 0.5) is 5.69 Å². The zero-order valence-corrected chi connectivity index (χ0v) is 16.6. The maximum Gasteiger partial charge on any atom is 0.243 e. The number of likely N-dealkylation sites (N-methyl/N-ethyl adjacent to an activating group) is 1. The van der Waals surface area contributed by atoms with Gasteiger partial charge in [-0.05, 0) is 49.6 Å². The predicted molar refractivity (Wildman–Crippen MR) is 110 cm³/mol. The molecule has 0 fully saturated rings. The van der Waals surface area contributed by atoms with Gasteiger partial charge in [-0.2, -0.15) is 0 Å². The third kappa shape index (κ3) is 6.53. The Labute approximate surface area is 161 Å². The number of anilines is 1. The van der Waals surface area contributed by atoms with E-state index >= 15 is 0 Å². The molecule has 2 aromatic carbocycles. The minimum absolute atomic E-state index is 0.0361. The number of carbonyl (C=O) groups is 2. The van der Waals surface area contributed by atoms with Crippen LogP contribution in [0, 0.1) is 13.8 Å². The maximum absolute atomic E-state index is 12.1. The van der Waals surface area contributed by atoms with Crippen molar-refractivity contribution in [3.8, 4) is 0 Å². The molecule has 0 aromatic heterocycles. The second-order valence-electron chi connectivity index (χ2n) is 6.93. The number of rotatable bonds is 8. The van der Waals surface area contributed by atoms with Gasteiger partial charge in [-0.1, -0.05) is 49.4 Å². The Bertz CT molecular complexity index is 764. The van der Waals surface area contributed by atoms with E-state index in [1.165, 1.54) is 5.56 Å². The SMILES string of the molecule is CCc1ccc(CN(C)CC(=O)NCC(=O)Nc2c(C)cccc2C)cc1. The van der Waals surface area contributed by atoms with Crippen LogP contribution >= 0.6 is 0 Å². The molecule has 0 unspecified atom stereocenters. The predicted octanol–water partition coefficient (Wildman–Crippen LogP) is 3.05. The van der Waals surface area contributed by atoms with Crippen molar-refractivity contribution in [3.05, 3.63) is 64.7 Å². The van der Waals surface area contributed by atoms with Gasteiger partial charge in [0.2, 0.25) is 11.8 Å². The highest BCUT2D eigenvalue weighted by atomic mass is 16.2. The maximum atomic E-state index is 12.1. The molecular weight excluding hydrogens is 338 g/mol. The molecule has 0 aliphatic carbocycles. The molecule has 0 saturated carbocycles. The fraction of sp³-hybridized carbons (Fsp3) is 0.364. The van der Waals surface area contributed by atoms with Gasteiger partial charge in [0.15, 0.2) is 0 Å². The average Bonchev–Trinajstić information content (AvgIpc) is 2.63. The average molecular weight is 367 g/mol. The number of aryl methyl sites for hydroxylation is 3. The lowest BCUT2D eigenvalue weighted by Gasteiger charge is -2.17. The number of hydrogen-bond donors (Lipinski definition) is 2. The van der Waals surface area contributed by atoms with Gasteiger partial charge in [0.1, 0.15) is 0 Å². The van der Waals surface area contributed by atoms with Crippen LogP contribution in [0.1, 0.15) is 29.2 Å². The van der Waals surface area contributed by atoms with E-state index in [-0.39, 0.29) is 24.9 Å². The fourth-order valence-corrected chi connectivity index (χ4v) is 2.92. The summed E-state index contributed by atoms with van der Waals surface area (Å²) in [6, 6.07) is 14.2. The first kappa shape index (κ1) is 20.6. The number of para-hydroxylation sites is 1. The summed E-state index contributed by atoms with van der Waals surface area (Å²) in [7, 11) is 1.89. The van der Waals surface area contributed by atoms with Crippen LogP contribution in [0.5, 0.6) is 0 Å². The van der Waals surface area contributed by atoms with Crippen LogP contribution in [0.3, 0.4) is 0 Å². The Hall–Kier alpha value is -2.66. The molecule has 5 nitrogen and oxygen atoms in total. The van der Waals surface area contributed by atoms with Crippen molar-refractivity contribution in [2.24, 2.45) is 0 Å². The quantitative estimate of drug-likeness (QED) is 0.754. The minimum Gasteiger partial charge on any atom is -0.346 e. The first-order valence-corrected chi connectivity index (χ1v) is 9.28. The molecule has 2 amide bonds. The Kier molecular flexibility index (Phi) is 7.55. The largest absolute Gasteiger partial charge is 0.346 e. The molecule has 0 aliphatic heterocycles. The second kappa shape index (κ2) is 9.88. The standard InChI is InChI=1S/C22H29N3O2/c1-5-18-9-11-19(12-10-18)14-25(4)15-21(27)23-13-20(26)24-22-16(2)7-6-8-17(22)3/h6-12H,5,13-15H2,1-4H3,(H,23,27)(H,24,26). The molecule has 2 rings (SSSR count). The molecule has 0 radical (unpaired) electrons. The molecule has 2 N–H and O–H groups in total. The lowest BCUT2D eigenvalue weighted by Crippen LogP contribution is -2.39. The van der Waals surface area contributed by atoms with Gasteiger partial charge in [0.05, 0.1) is 13.1 Å². The van der Waals surface area contributed by atoms with Crippen molar-refractivity contribution < 1.29 is 9.59 Å². The lowest BCUT2D eigenvalue weighted by atomic mass is 10.1. The highest BCUT2D eigenvalue weighted by Gasteiger charge is 2.11. The topological polar surface area (TPSA) is 61.4 Å². The van der Waals surface area contributed by atoms with Gasteiger partial charge in [0, 0.05) is 12.2 Å². The van der Waals surface area contributed by atoms with E-state index in [0.29, 0.717) is 6.54 Å². The summed E-state index contributed by atoms with van der Waals surface area (Å²) in [4.78, 5) is 26.2. The zero-order valence-electron chi connectivity index (χ0n) is 16.6. The molecule has 0 aliphatic rings. The molecule has 144 valence electrons. The van der Waals surface area contributed by atoms with Crippen molar-refractivity contribution in [1.29, 1.82) is 0 Å². The Morgan fingerprint density at radius 3 is 2.11 bits per heavy atom. The normalized spacial score (nSPS) is 10.7. The Morgan fingerprint density at radius 2 is 1.52 bits per heavy atom. The number of amides is 2. The van der Waals surface area contributed by atoms with Crippen molar-refractivity contribution in [1.82, 2.24) is 10.2 Å². The molecule has 5 heteroatoms. The number of hydrogen-bond acceptors (Lipinski definition) is 3. The van der Waals surface area contributed by atoms with E-state index in [1.807, 2.05) is 44.0 Å². The van der Waals surface area contributed by atoms with Gasteiger partial charge in [-0.15, -0.1) is 0 Å². The van der Waals surface area contributed by atoms with E-state index in [2.05, 4.69) is 41.8 Å². The molecule has 0 saturated heterocycles. The summed E-state index contributed by atoms with van der Waals surface area (Å²) in [6.45, 7) is 6.91. The molecule has 2 aromatic rings. The smallest absolute Gasteiger partial charge is 0.243 e. The van der Waals surface area contributed by atoms with E-state index < -0.39 is 0 Å². The van der Waals surface area contributed by atoms with E-state index in [1.54, 1.807) is 0 Å². The zero-order chi connectivity index (χ0) is 19.8. The summed E-state index contributed by atoms with van der Waals surface area (Å²) >= 11 is 0. The molecule has 0 atom stereocenters. The highest BCUT2D eigenvalue weighted by molar-refractivity contribution is 5.95. The fourth-order valence-electron chi connectivity index (χ4n) is 2.92. The first-order chi connectivity index (χ1) is 12.9. The van der Waals surface area contributed by atoms with Crippen LogP contribution < -0.4 is 10.6 Å². The summed E-state index contributed by atoms with van der Waals surface area (Å²) in [5, 5.41) is 5.55. The molecule has 0 spiro atoms. The van der Waals surface area contributed by atoms with Crippen LogP contribution in [0.2, 0.25) is 0 Å². The van der Waals surface area contributed by atoms with E-state index in [9.17, 15) is 9.59 Å². The van der Waals surface area contributed by atoms with Crippen LogP contribution in [-0.4, -0.2) is 36.9 Å². The molecule has 0 heterocycles. The van der Waals surface area contributed by atoms with Gasteiger partial charge in [-0.25, -0.2) is 0 Å². The monoisotopic (exact) mass is 367 g/mol. The lowest BCUT2D eigenvalue weighted by molar-refractivity contribution is -0.124.